The number of thioether (sulfide) groups is 1. The molecule has 4 nitrogen and oxygen atoms in total. The molecule has 0 spiro atoms. The molecule has 0 aliphatic heterocycles. The molecule has 0 radical (unpaired) electrons. The SMILES string of the molecule is C#Cc1cccc(Nc2nccc(SCCN(CC)CC)n2)c1. The second-order valence-electron chi connectivity index (χ2n) is 4.94. The molecule has 2 rings (SSSR count). The maximum Gasteiger partial charge on any atom is 0.228 e. The highest BCUT2D eigenvalue weighted by Gasteiger charge is 2.03. The van der Waals surface area contributed by atoms with Gasteiger partial charge >= 0.3 is 0 Å². The third kappa shape index (κ3) is 5.59. The maximum atomic E-state index is 5.42. The van der Waals surface area contributed by atoms with Gasteiger partial charge in [-0.3, -0.25) is 0 Å². The average molecular weight is 326 g/mol. The van der Waals surface area contributed by atoms with E-state index < -0.39 is 0 Å². The Morgan fingerprint density at radius 2 is 2.09 bits per heavy atom. The molecule has 0 saturated heterocycles. The molecule has 23 heavy (non-hydrogen) atoms. The van der Waals surface area contributed by atoms with Crippen molar-refractivity contribution >= 4 is 23.4 Å². The summed E-state index contributed by atoms with van der Waals surface area (Å²) in [5.41, 5.74) is 1.73. The highest BCUT2D eigenvalue weighted by Crippen LogP contribution is 2.19. The summed E-state index contributed by atoms with van der Waals surface area (Å²) in [7, 11) is 0. The van der Waals surface area contributed by atoms with Gasteiger partial charge in [-0.1, -0.05) is 25.8 Å². The van der Waals surface area contributed by atoms with E-state index in [0.29, 0.717) is 5.95 Å². The molecule has 5 heteroatoms. The number of nitrogens with zero attached hydrogens (tertiary/aromatic N) is 3. The molecule has 0 bridgehead atoms. The van der Waals surface area contributed by atoms with E-state index in [4.69, 9.17) is 6.42 Å². The smallest absolute Gasteiger partial charge is 0.228 e. The lowest BCUT2D eigenvalue weighted by Gasteiger charge is -2.17. The molecule has 0 fully saturated rings. The van der Waals surface area contributed by atoms with Crippen LogP contribution in [0.4, 0.5) is 11.6 Å². The van der Waals surface area contributed by atoms with Gasteiger partial charge in [-0.25, -0.2) is 9.97 Å². The summed E-state index contributed by atoms with van der Waals surface area (Å²) in [6.45, 7) is 7.60. The van der Waals surface area contributed by atoms with Crippen molar-refractivity contribution in [2.45, 2.75) is 18.9 Å². The summed E-state index contributed by atoms with van der Waals surface area (Å²) >= 11 is 1.75. The average Bonchev–Trinajstić information content (AvgIpc) is 2.59. The summed E-state index contributed by atoms with van der Waals surface area (Å²) in [6, 6.07) is 9.61. The number of anilines is 2. The first-order valence-electron chi connectivity index (χ1n) is 7.77. The summed E-state index contributed by atoms with van der Waals surface area (Å²) in [5, 5.41) is 4.17. The third-order valence-corrected chi connectivity index (χ3v) is 4.38. The molecular weight excluding hydrogens is 304 g/mol. The summed E-state index contributed by atoms with van der Waals surface area (Å²) < 4.78 is 0. The van der Waals surface area contributed by atoms with E-state index in [1.54, 1.807) is 18.0 Å². The van der Waals surface area contributed by atoms with Crippen LogP contribution in [0.3, 0.4) is 0 Å². The highest BCUT2D eigenvalue weighted by atomic mass is 32.2. The number of rotatable bonds is 8. The van der Waals surface area contributed by atoms with Gasteiger partial charge < -0.3 is 10.2 Å². The van der Waals surface area contributed by atoms with E-state index in [0.717, 1.165) is 41.7 Å². The molecule has 1 N–H and O–H groups in total. The highest BCUT2D eigenvalue weighted by molar-refractivity contribution is 7.99. The number of nitrogens with one attached hydrogen (secondary N) is 1. The molecule has 0 aliphatic carbocycles. The van der Waals surface area contributed by atoms with Crippen molar-refractivity contribution in [3.05, 3.63) is 42.1 Å². The minimum Gasteiger partial charge on any atom is -0.324 e. The van der Waals surface area contributed by atoms with Crippen molar-refractivity contribution in [2.75, 3.05) is 30.7 Å². The number of aromatic nitrogens is 2. The van der Waals surface area contributed by atoms with Crippen molar-refractivity contribution in [3.8, 4) is 12.3 Å². The minimum atomic E-state index is 0.590. The lowest BCUT2D eigenvalue weighted by Crippen LogP contribution is -2.25. The molecule has 0 amide bonds. The number of benzene rings is 1. The number of hydrogen-bond donors (Lipinski definition) is 1. The zero-order valence-electron chi connectivity index (χ0n) is 13.6. The van der Waals surface area contributed by atoms with Gasteiger partial charge in [0.15, 0.2) is 0 Å². The Balaban J connectivity index is 1.95. The van der Waals surface area contributed by atoms with E-state index in [1.807, 2.05) is 30.3 Å². The predicted octanol–water partition coefficient (Wildman–Crippen LogP) is 3.64. The van der Waals surface area contributed by atoms with Gasteiger partial charge in [-0.2, -0.15) is 0 Å². The van der Waals surface area contributed by atoms with Crippen LogP contribution in [0.1, 0.15) is 19.4 Å². The number of terminal acetylenes is 1. The Morgan fingerprint density at radius 3 is 2.83 bits per heavy atom. The van der Waals surface area contributed by atoms with Crippen molar-refractivity contribution in [2.24, 2.45) is 0 Å². The minimum absolute atomic E-state index is 0.590. The third-order valence-electron chi connectivity index (χ3n) is 3.47. The lowest BCUT2D eigenvalue weighted by atomic mass is 10.2. The van der Waals surface area contributed by atoms with Crippen molar-refractivity contribution in [1.82, 2.24) is 14.9 Å². The van der Waals surface area contributed by atoms with Crippen molar-refractivity contribution < 1.29 is 0 Å². The van der Waals surface area contributed by atoms with E-state index in [1.165, 1.54) is 0 Å². The Morgan fingerprint density at radius 1 is 1.26 bits per heavy atom. The van der Waals surface area contributed by atoms with Gasteiger partial charge in [0.25, 0.3) is 0 Å². The molecule has 0 atom stereocenters. The zero-order chi connectivity index (χ0) is 16.5. The molecule has 1 aromatic heterocycles. The Kier molecular flexibility index (Phi) is 6.92. The Hall–Kier alpha value is -2.03. The van der Waals surface area contributed by atoms with E-state index in [-0.39, 0.29) is 0 Å². The van der Waals surface area contributed by atoms with Crippen LogP contribution in [-0.2, 0) is 0 Å². The van der Waals surface area contributed by atoms with E-state index in [2.05, 4.69) is 40.0 Å². The topological polar surface area (TPSA) is 41.1 Å². The van der Waals surface area contributed by atoms with Gasteiger partial charge in [-0.15, -0.1) is 18.2 Å². The molecule has 1 aromatic carbocycles. The monoisotopic (exact) mass is 326 g/mol. The number of hydrogen-bond acceptors (Lipinski definition) is 5. The first-order valence-corrected chi connectivity index (χ1v) is 8.75. The fourth-order valence-corrected chi connectivity index (χ4v) is 2.98. The second kappa shape index (κ2) is 9.19. The van der Waals surface area contributed by atoms with E-state index in [9.17, 15) is 0 Å². The largest absolute Gasteiger partial charge is 0.324 e. The van der Waals surface area contributed by atoms with Crippen LogP contribution in [0.2, 0.25) is 0 Å². The Labute approximate surface area is 142 Å². The molecule has 120 valence electrons. The molecule has 0 aliphatic rings. The van der Waals surface area contributed by atoms with Gasteiger partial charge in [0.1, 0.15) is 5.03 Å². The normalized spacial score (nSPS) is 10.5. The van der Waals surface area contributed by atoms with Crippen molar-refractivity contribution in [1.29, 1.82) is 0 Å². The van der Waals surface area contributed by atoms with Crippen molar-refractivity contribution in [3.63, 3.8) is 0 Å². The second-order valence-corrected chi connectivity index (χ2v) is 6.06. The van der Waals surface area contributed by atoms with Crippen LogP contribution >= 0.6 is 11.8 Å². The summed E-state index contributed by atoms with van der Waals surface area (Å²) in [5.74, 6) is 4.23. The van der Waals surface area contributed by atoms with Gasteiger partial charge in [0.05, 0.1) is 0 Å². The standard InChI is InChI=1S/C18H22N4S/c1-4-15-8-7-9-16(14-15)20-18-19-11-10-17(21-18)23-13-12-22(5-2)6-3/h1,7-11,14H,5-6,12-13H2,2-3H3,(H,19,20,21). The molecule has 0 saturated carbocycles. The zero-order valence-corrected chi connectivity index (χ0v) is 14.4. The van der Waals surface area contributed by atoms with Crippen LogP contribution < -0.4 is 5.32 Å². The molecule has 2 aromatic rings. The predicted molar refractivity (Wildman–Crippen MR) is 98.2 cm³/mol. The van der Waals surface area contributed by atoms with Gasteiger partial charge in [0.2, 0.25) is 5.95 Å². The van der Waals surface area contributed by atoms with Crippen LogP contribution in [0, 0.1) is 12.3 Å². The van der Waals surface area contributed by atoms with Crippen LogP contribution in [0.15, 0.2) is 41.6 Å². The van der Waals surface area contributed by atoms with Crippen LogP contribution in [0.5, 0.6) is 0 Å². The van der Waals surface area contributed by atoms with Crippen LogP contribution in [-0.4, -0.2) is 40.3 Å². The van der Waals surface area contributed by atoms with Gasteiger partial charge in [-0.05, 0) is 37.4 Å². The van der Waals surface area contributed by atoms with Gasteiger partial charge in [0, 0.05) is 29.7 Å². The fourth-order valence-electron chi connectivity index (χ4n) is 2.12. The molecule has 1 heterocycles. The molecule has 0 unspecified atom stereocenters. The lowest BCUT2D eigenvalue weighted by molar-refractivity contribution is 0.324. The first kappa shape index (κ1) is 17.3. The van der Waals surface area contributed by atoms with Crippen LogP contribution in [0.25, 0.3) is 0 Å². The maximum absolute atomic E-state index is 5.42. The first-order chi connectivity index (χ1) is 11.2. The van der Waals surface area contributed by atoms with E-state index >= 15 is 0 Å². The quantitative estimate of drug-likeness (QED) is 0.456. The summed E-state index contributed by atoms with van der Waals surface area (Å²) in [6.07, 6.45) is 7.20. The molecular formula is C18H22N4S. The fraction of sp³-hybridized carbons (Fsp3) is 0.333. The summed E-state index contributed by atoms with van der Waals surface area (Å²) in [4.78, 5) is 11.2. The Bertz CT molecular complexity index is 662.